The molecule has 6 heteroatoms. The maximum Gasteiger partial charge on any atom is 0.264 e. The van der Waals surface area contributed by atoms with Crippen LogP contribution in [0.25, 0.3) is 10.1 Å². The van der Waals surface area contributed by atoms with Crippen molar-refractivity contribution in [3.05, 3.63) is 65.0 Å². The fourth-order valence-corrected chi connectivity index (χ4v) is 4.43. The van der Waals surface area contributed by atoms with Gasteiger partial charge >= 0.3 is 0 Å². The molecular formula is C20H20FN3OS. The molecule has 3 heterocycles. The van der Waals surface area contributed by atoms with Gasteiger partial charge in [0.05, 0.1) is 4.88 Å². The molecule has 0 aliphatic carbocycles. The van der Waals surface area contributed by atoms with Crippen LogP contribution in [-0.4, -0.2) is 46.9 Å². The second-order valence-corrected chi connectivity index (χ2v) is 7.67. The number of carbonyl (C=O) groups excluding carboxylic acids is 1. The Hall–Kier alpha value is -2.31. The van der Waals surface area contributed by atoms with Crippen LogP contribution in [0, 0.1) is 5.82 Å². The zero-order valence-electron chi connectivity index (χ0n) is 14.6. The molecule has 134 valence electrons. The van der Waals surface area contributed by atoms with Gasteiger partial charge in [-0.1, -0.05) is 6.07 Å². The fraction of sp³-hybridized carbons (Fsp3) is 0.300. The third kappa shape index (κ3) is 3.34. The summed E-state index contributed by atoms with van der Waals surface area (Å²) in [5.74, 6) is -0.229. The molecule has 0 bridgehead atoms. The Balaban J connectivity index is 1.43. The number of amides is 1. The largest absolute Gasteiger partial charge is 0.335 e. The first-order valence-corrected chi connectivity index (χ1v) is 9.56. The Kier molecular flexibility index (Phi) is 4.70. The van der Waals surface area contributed by atoms with Gasteiger partial charge in [-0.3, -0.25) is 14.7 Å². The molecule has 0 N–H and O–H groups in total. The van der Waals surface area contributed by atoms with E-state index in [-0.39, 0.29) is 17.8 Å². The lowest BCUT2D eigenvalue weighted by Crippen LogP contribution is -2.49. The van der Waals surface area contributed by atoms with Gasteiger partial charge < -0.3 is 4.90 Å². The summed E-state index contributed by atoms with van der Waals surface area (Å²) in [6.45, 7) is 5.25. The van der Waals surface area contributed by atoms with Crippen LogP contribution in [0.3, 0.4) is 0 Å². The maximum absolute atomic E-state index is 13.4. The summed E-state index contributed by atoms with van der Waals surface area (Å²) in [6, 6.07) is 10.8. The number of aromatic nitrogens is 1. The maximum atomic E-state index is 13.4. The monoisotopic (exact) mass is 369 g/mol. The van der Waals surface area contributed by atoms with Crippen LogP contribution in [0.5, 0.6) is 0 Å². The number of hydrogen-bond acceptors (Lipinski definition) is 4. The second-order valence-electron chi connectivity index (χ2n) is 6.58. The predicted molar refractivity (Wildman–Crippen MR) is 102 cm³/mol. The minimum Gasteiger partial charge on any atom is -0.335 e. The van der Waals surface area contributed by atoms with Crippen molar-refractivity contribution >= 4 is 27.3 Å². The highest BCUT2D eigenvalue weighted by Crippen LogP contribution is 2.28. The lowest BCUT2D eigenvalue weighted by Gasteiger charge is -2.38. The van der Waals surface area contributed by atoms with Gasteiger partial charge in [-0.15, -0.1) is 11.3 Å². The van der Waals surface area contributed by atoms with Crippen molar-refractivity contribution in [1.29, 1.82) is 0 Å². The van der Waals surface area contributed by atoms with Gasteiger partial charge in [0.1, 0.15) is 5.82 Å². The number of piperazine rings is 1. The van der Waals surface area contributed by atoms with Crippen LogP contribution in [-0.2, 0) is 0 Å². The molecule has 1 fully saturated rings. The molecular weight excluding hydrogens is 349 g/mol. The van der Waals surface area contributed by atoms with Crippen LogP contribution in [0.15, 0.2) is 48.8 Å². The number of hydrogen-bond donors (Lipinski definition) is 0. The van der Waals surface area contributed by atoms with Gasteiger partial charge in [0, 0.05) is 49.3 Å². The van der Waals surface area contributed by atoms with Crippen molar-refractivity contribution in [2.24, 2.45) is 0 Å². The summed E-state index contributed by atoms with van der Waals surface area (Å²) in [7, 11) is 0. The minimum absolute atomic E-state index is 0.0419. The Morgan fingerprint density at radius 3 is 2.73 bits per heavy atom. The van der Waals surface area contributed by atoms with Gasteiger partial charge in [0.25, 0.3) is 5.91 Å². The van der Waals surface area contributed by atoms with Crippen molar-refractivity contribution in [2.75, 3.05) is 26.2 Å². The third-order valence-corrected chi connectivity index (χ3v) is 6.11. The highest BCUT2D eigenvalue weighted by molar-refractivity contribution is 7.20. The Bertz CT molecular complexity index is 919. The van der Waals surface area contributed by atoms with Crippen LogP contribution < -0.4 is 0 Å². The molecule has 26 heavy (non-hydrogen) atoms. The number of pyridine rings is 1. The average molecular weight is 369 g/mol. The summed E-state index contributed by atoms with van der Waals surface area (Å²) >= 11 is 1.43. The number of benzene rings is 1. The van der Waals surface area contributed by atoms with Crippen molar-refractivity contribution < 1.29 is 9.18 Å². The molecule has 4 rings (SSSR count). The van der Waals surface area contributed by atoms with Crippen molar-refractivity contribution in [2.45, 2.75) is 13.0 Å². The van der Waals surface area contributed by atoms with Gasteiger partial charge in [-0.05, 0) is 48.2 Å². The van der Waals surface area contributed by atoms with Gasteiger partial charge in [0.15, 0.2) is 0 Å². The van der Waals surface area contributed by atoms with Crippen LogP contribution >= 0.6 is 11.3 Å². The Morgan fingerprint density at radius 2 is 2.00 bits per heavy atom. The Morgan fingerprint density at radius 1 is 1.19 bits per heavy atom. The van der Waals surface area contributed by atoms with E-state index >= 15 is 0 Å². The zero-order valence-corrected chi connectivity index (χ0v) is 15.4. The first-order chi connectivity index (χ1) is 12.6. The average Bonchev–Trinajstić information content (AvgIpc) is 3.11. The Labute approximate surface area is 155 Å². The molecule has 0 saturated carbocycles. The van der Waals surface area contributed by atoms with Crippen molar-refractivity contribution in [3.8, 4) is 0 Å². The summed E-state index contributed by atoms with van der Waals surface area (Å²) in [4.78, 5) is 22.0. The number of nitrogens with zero attached hydrogens (tertiary/aromatic N) is 3. The van der Waals surface area contributed by atoms with Crippen molar-refractivity contribution in [1.82, 2.24) is 14.8 Å². The first kappa shape index (κ1) is 17.1. The van der Waals surface area contributed by atoms with Crippen LogP contribution in [0.4, 0.5) is 4.39 Å². The summed E-state index contributed by atoms with van der Waals surface area (Å²) in [5, 5.41) is 0.794. The van der Waals surface area contributed by atoms with Gasteiger partial charge in [-0.25, -0.2) is 4.39 Å². The molecule has 1 atom stereocenters. The minimum atomic E-state index is -0.271. The lowest BCUT2D eigenvalue weighted by molar-refractivity contribution is 0.0586. The second kappa shape index (κ2) is 7.13. The van der Waals surface area contributed by atoms with E-state index in [4.69, 9.17) is 0 Å². The quantitative estimate of drug-likeness (QED) is 0.701. The van der Waals surface area contributed by atoms with E-state index in [9.17, 15) is 9.18 Å². The van der Waals surface area contributed by atoms with E-state index in [1.54, 1.807) is 18.3 Å². The zero-order chi connectivity index (χ0) is 18.1. The van der Waals surface area contributed by atoms with Crippen molar-refractivity contribution in [3.63, 3.8) is 0 Å². The van der Waals surface area contributed by atoms with E-state index < -0.39 is 0 Å². The van der Waals surface area contributed by atoms with Crippen LogP contribution in [0.1, 0.15) is 28.2 Å². The van der Waals surface area contributed by atoms with E-state index in [1.807, 2.05) is 17.2 Å². The molecule has 1 aromatic carbocycles. The van der Waals surface area contributed by atoms with E-state index in [0.717, 1.165) is 23.2 Å². The summed E-state index contributed by atoms with van der Waals surface area (Å²) in [6.07, 6.45) is 3.68. The number of carbonyl (C=O) groups is 1. The predicted octanol–water partition coefficient (Wildman–Crippen LogP) is 3.95. The molecule has 1 aliphatic heterocycles. The van der Waals surface area contributed by atoms with Crippen LogP contribution in [0.2, 0.25) is 0 Å². The van der Waals surface area contributed by atoms with E-state index in [2.05, 4.69) is 22.9 Å². The van der Waals surface area contributed by atoms with Gasteiger partial charge in [0.2, 0.25) is 0 Å². The molecule has 3 aromatic rings. The summed E-state index contributed by atoms with van der Waals surface area (Å²) < 4.78 is 14.3. The highest BCUT2D eigenvalue weighted by atomic mass is 32.1. The van der Waals surface area contributed by atoms with E-state index in [0.29, 0.717) is 18.0 Å². The number of rotatable bonds is 3. The normalized spacial score (nSPS) is 16.8. The highest BCUT2D eigenvalue weighted by Gasteiger charge is 2.26. The molecule has 2 aromatic heterocycles. The SMILES string of the molecule is CC(c1cccnc1)N1CCN(C(=O)c2cc3cc(F)ccc3s2)CC1. The molecule has 1 unspecified atom stereocenters. The topological polar surface area (TPSA) is 36.4 Å². The smallest absolute Gasteiger partial charge is 0.264 e. The number of thiophene rings is 1. The fourth-order valence-electron chi connectivity index (χ4n) is 3.42. The lowest BCUT2D eigenvalue weighted by atomic mass is 10.1. The third-order valence-electron chi connectivity index (χ3n) is 5.01. The molecule has 1 saturated heterocycles. The molecule has 1 amide bonds. The first-order valence-electron chi connectivity index (χ1n) is 8.74. The molecule has 4 nitrogen and oxygen atoms in total. The van der Waals surface area contributed by atoms with E-state index in [1.165, 1.54) is 29.0 Å². The number of halogens is 1. The molecule has 0 spiro atoms. The van der Waals surface area contributed by atoms with Gasteiger partial charge in [-0.2, -0.15) is 0 Å². The number of fused-ring (bicyclic) bond motifs is 1. The summed E-state index contributed by atoms with van der Waals surface area (Å²) in [5.41, 5.74) is 1.19. The molecule has 1 aliphatic rings. The molecule has 0 radical (unpaired) electrons. The standard InChI is InChI=1S/C20H20FN3OS/c1-14(15-3-2-6-22-13-15)23-7-9-24(10-8-23)20(25)19-12-16-11-17(21)4-5-18(16)26-19/h2-6,11-14H,7-10H2,1H3.